The number of rotatable bonds is 4. The van der Waals surface area contributed by atoms with Gasteiger partial charge >= 0.3 is 0 Å². The van der Waals surface area contributed by atoms with E-state index in [4.69, 9.17) is 4.74 Å². The Morgan fingerprint density at radius 3 is 2.52 bits per heavy atom. The lowest BCUT2D eigenvalue weighted by Crippen LogP contribution is -1.98. The molecular weight excluding hydrogens is 262 g/mol. The van der Waals surface area contributed by atoms with E-state index in [-0.39, 0.29) is 0 Å². The molecule has 0 saturated heterocycles. The molecule has 0 saturated carbocycles. The molecule has 21 heavy (non-hydrogen) atoms. The first-order chi connectivity index (χ1) is 10.4. The zero-order chi connectivity index (χ0) is 14.5. The first kappa shape index (κ1) is 13.2. The third kappa shape index (κ3) is 3.05. The first-order valence-electron chi connectivity index (χ1n) is 6.71. The summed E-state index contributed by atoms with van der Waals surface area (Å²) in [6, 6.07) is 14.2. The molecule has 2 aromatic heterocycles. The molecule has 4 nitrogen and oxygen atoms in total. The maximum Gasteiger partial charge on any atom is 0.217 e. The van der Waals surface area contributed by atoms with Crippen molar-refractivity contribution in [3.05, 3.63) is 72.2 Å². The van der Waals surface area contributed by atoms with Crippen LogP contribution in [0.2, 0.25) is 0 Å². The minimum atomic E-state index is 0.627. The van der Waals surface area contributed by atoms with Crippen LogP contribution >= 0.6 is 0 Å². The van der Waals surface area contributed by atoms with Gasteiger partial charge in [0.1, 0.15) is 5.69 Å². The van der Waals surface area contributed by atoms with Crippen LogP contribution < -0.4 is 4.74 Å². The van der Waals surface area contributed by atoms with E-state index >= 15 is 0 Å². The molecule has 0 bridgehead atoms. The zero-order valence-corrected chi connectivity index (χ0v) is 11.7. The second-order valence-electron chi connectivity index (χ2n) is 4.62. The number of hydrogen-bond acceptors (Lipinski definition) is 4. The van der Waals surface area contributed by atoms with Crippen molar-refractivity contribution in [2.24, 2.45) is 0 Å². The second-order valence-corrected chi connectivity index (χ2v) is 4.62. The maximum absolute atomic E-state index is 5.42. The van der Waals surface area contributed by atoms with Gasteiger partial charge < -0.3 is 4.74 Å². The molecule has 104 valence electrons. The third-order valence-corrected chi connectivity index (χ3v) is 3.20. The molecule has 3 rings (SSSR count). The summed E-state index contributed by atoms with van der Waals surface area (Å²) in [6.07, 6.45) is 5.78. The van der Waals surface area contributed by atoms with Crippen LogP contribution in [0.4, 0.5) is 0 Å². The predicted octanol–water partition coefficient (Wildman–Crippen LogP) is 3.14. The largest absolute Gasteiger partial charge is 0.481 e. The smallest absolute Gasteiger partial charge is 0.217 e. The number of benzene rings is 1. The molecule has 0 atom stereocenters. The van der Waals surface area contributed by atoms with Crippen molar-refractivity contribution in [2.45, 2.75) is 6.42 Å². The summed E-state index contributed by atoms with van der Waals surface area (Å²) in [5, 5.41) is 0. The molecule has 0 N–H and O–H groups in total. The zero-order valence-electron chi connectivity index (χ0n) is 11.7. The molecule has 0 unspecified atom stereocenters. The molecule has 0 fully saturated rings. The SMILES string of the molecule is COc1nc(-c2cnccn2)ccc1Cc1ccccc1. The summed E-state index contributed by atoms with van der Waals surface area (Å²) < 4.78 is 5.42. The van der Waals surface area contributed by atoms with E-state index in [1.807, 2.05) is 30.3 Å². The predicted molar refractivity (Wildman–Crippen MR) is 81.1 cm³/mol. The van der Waals surface area contributed by atoms with Crippen LogP contribution in [0.1, 0.15) is 11.1 Å². The molecule has 1 aromatic carbocycles. The van der Waals surface area contributed by atoms with Crippen LogP contribution in [-0.4, -0.2) is 22.1 Å². The van der Waals surface area contributed by atoms with Crippen molar-refractivity contribution in [3.8, 4) is 17.3 Å². The summed E-state index contributed by atoms with van der Waals surface area (Å²) in [4.78, 5) is 12.9. The molecule has 0 aliphatic carbocycles. The summed E-state index contributed by atoms with van der Waals surface area (Å²) in [7, 11) is 1.64. The van der Waals surface area contributed by atoms with Gasteiger partial charge in [0.2, 0.25) is 5.88 Å². The number of pyridine rings is 1. The molecule has 0 spiro atoms. The molecule has 0 amide bonds. The third-order valence-electron chi connectivity index (χ3n) is 3.20. The van der Waals surface area contributed by atoms with Crippen LogP contribution in [0.25, 0.3) is 11.4 Å². The Labute approximate surface area is 123 Å². The van der Waals surface area contributed by atoms with Crippen molar-refractivity contribution in [3.63, 3.8) is 0 Å². The van der Waals surface area contributed by atoms with Gasteiger partial charge in [0.05, 0.1) is 19.0 Å². The monoisotopic (exact) mass is 277 g/mol. The number of nitrogens with zero attached hydrogens (tertiary/aromatic N) is 3. The standard InChI is InChI=1S/C17H15N3O/c1-21-17-14(11-13-5-3-2-4-6-13)7-8-15(20-17)16-12-18-9-10-19-16/h2-10,12H,11H2,1H3. The lowest BCUT2D eigenvalue weighted by molar-refractivity contribution is 0.394. The van der Waals surface area contributed by atoms with Gasteiger partial charge in [-0.3, -0.25) is 9.97 Å². The van der Waals surface area contributed by atoms with E-state index < -0.39 is 0 Å². The summed E-state index contributed by atoms with van der Waals surface area (Å²) in [6.45, 7) is 0. The van der Waals surface area contributed by atoms with Crippen LogP contribution in [-0.2, 0) is 6.42 Å². The van der Waals surface area contributed by atoms with Gasteiger partial charge in [0, 0.05) is 24.4 Å². The van der Waals surface area contributed by atoms with E-state index in [0.29, 0.717) is 5.88 Å². The molecule has 3 aromatic rings. The van der Waals surface area contributed by atoms with Gasteiger partial charge in [-0.1, -0.05) is 36.4 Å². The number of ether oxygens (including phenoxy) is 1. The van der Waals surface area contributed by atoms with Gasteiger partial charge in [-0.2, -0.15) is 0 Å². The molecule has 4 heteroatoms. The van der Waals surface area contributed by atoms with Crippen LogP contribution in [0.15, 0.2) is 61.1 Å². The van der Waals surface area contributed by atoms with E-state index in [1.165, 1.54) is 5.56 Å². The molecule has 0 radical (unpaired) electrons. The number of methoxy groups -OCH3 is 1. The maximum atomic E-state index is 5.42. The Morgan fingerprint density at radius 1 is 0.952 bits per heavy atom. The Balaban J connectivity index is 1.93. The van der Waals surface area contributed by atoms with E-state index in [1.54, 1.807) is 25.7 Å². The van der Waals surface area contributed by atoms with E-state index in [0.717, 1.165) is 23.4 Å². The van der Waals surface area contributed by atoms with Gasteiger partial charge in [-0.25, -0.2) is 4.98 Å². The Kier molecular flexibility index (Phi) is 3.87. The molecular formula is C17H15N3O. The normalized spacial score (nSPS) is 10.3. The Bertz CT molecular complexity index is 715. The topological polar surface area (TPSA) is 47.9 Å². The fraction of sp³-hybridized carbons (Fsp3) is 0.118. The second kappa shape index (κ2) is 6.13. The average Bonchev–Trinajstić information content (AvgIpc) is 2.57. The Hall–Kier alpha value is -2.75. The van der Waals surface area contributed by atoms with Crippen LogP contribution in [0.5, 0.6) is 5.88 Å². The quantitative estimate of drug-likeness (QED) is 0.735. The fourth-order valence-corrected chi connectivity index (χ4v) is 2.17. The van der Waals surface area contributed by atoms with Crippen LogP contribution in [0, 0.1) is 0 Å². The first-order valence-corrected chi connectivity index (χ1v) is 6.71. The number of aromatic nitrogens is 3. The fourth-order valence-electron chi connectivity index (χ4n) is 2.17. The Morgan fingerprint density at radius 2 is 1.81 bits per heavy atom. The van der Waals surface area contributed by atoms with Gasteiger partial charge in [0.15, 0.2) is 0 Å². The highest BCUT2D eigenvalue weighted by Gasteiger charge is 2.09. The van der Waals surface area contributed by atoms with Crippen molar-refractivity contribution in [2.75, 3.05) is 7.11 Å². The van der Waals surface area contributed by atoms with Crippen LogP contribution in [0.3, 0.4) is 0 Å². The highest BCUT2D eigenvalue weighted by atomic mass is 16.5. The van der Waals surface area contributed by atoms with Crippen molar-refractivity contribution >= 4 is 0 Å². The van der Waals surface area contributed by atoms with E-state index in [2.05, 4.69) is 27.1 Å². The van der Waals surface area contributed by atoms with Crippen molar-refractivity contribution in [1.29, 1.82) is 0 Å². The minimum Gasteiger partial charge on any atom is -0.481 e. The highest BCUT2D eigenvalue weighted by Crippen LogP contribution is 2.23. The van der Waals surface area contributed by atoms with Gasteiger partial charge in [-0.05, 0) is 11.6 Å². The van der Waals surface area contributed by atoms with Crippen molar-refractivity contribution < 1.29 is 4.74 Å². The van der Waals surface area contributed by atoms with Gasteiger partial charge in [0.25, 0.3) is 0 Å². The molecule has 2 heterocycles. The van der Waals surface area contributed by atoms with Gasteiger partial charge in [-0.15, -0.1) is 0 Å². The van der Waals surface area contributed by atoms with Crippen molar-refractivity contribution in [1.82, 2.24) is 15.0 Å². The summed E-state index contributed by atoms with van der Waals surface area (Å²) in [5.41, 5.74) is 3.78. The van der Waals surface area contributed by atoms with E-state index in [9.17, 15) is 0 Å². The lowest BCUT2D eigenvalue weighted by Gasteiger charge is -2.09. The minimum absolute atomic E-state index is 0.627. The highest BCUT2D eigenvalue weighted by molar-refractivity contribution is 5.54. The molecule has 0 aliphatic rings. The molecule has 0 aliphatic heterocycles. The lowest BCUT2D eigenvalue weighted by atomic mass is 10.1. The average molecular weight is 277 g/mol. The summed E-state index contributed by atoms with van der Waals surface area (Å²) >= 11 is 0. The number of hydrogen-bond donors (Lipinski definition) is 0. The summed E-state index contributed by atoms with van der Waals surface area (Å²) in [5.74, 6) is 0.627.